The molecule has 1 aromatic carbocycles. The average molecular weight is 338 g/mol. The molecular weight excluding hydrogens is 312 g/mol. The molecule has 5 nitrogen and oxygen atoms in total. The first-order valence-corrected chi connectivity index (χ1v) is 9.11. The summed E-state index contributed by atoms with van der Waals surface area (Å²) in [5, 5.41) is 5.57. The average Bonchev–Trinajstić information content (AvgIpc) is 3.21. The number of fused-ring (bicyclic) bond motifs is 1. The van der Waals surface area contributed by atoms with E-state index in [0.29, 0.717) is 6.10 Å². The first kappa shape index (κ1) is 16.2. The molecule has 4 rings (SSSR count). The molecule has 1 aliphatic rings. The molecular formula is C20H26N4O. The smallest absolute Gasteiger partial charge is 0.129 e. The molecule has 3 heterocycles. The highest BCUT2D eigenvalue weighted by Crippen LogP contribution is 2.28. The van der Waals surface area contributed by atoms with Gasteiger partial charge in [0.2, 0.25) is 0 Å². The highest BCUT2D eigenvalue weighted by molar-refractivity contribution is 5.86. The lowest BCUT2D eigenvalue weighted by Gasteiger charge is -2.32. The SMILES string of the molecule is Cc1cnn(CCN2CCC(Oc3cccc4c3ccn4C)CC2)c1. The zero-order valence-corrected chi connectivity index (χ0v) is 15.1. The van der Waals surface area contributed by atoms with Crippen molar-refractivity contribution in [1.82, 2.24) is 19.2 Å². The Hall–Kier alpha value is -2.27. The van der Waals surface area contributed by atoms with Gasteiger partial charge in [-0.1, -0.05) is 6.07 Å². The van der Waals surface area contributed by atoms with Gasteiger partial charge in [-0.15, -0.1) is 0 Å². The van der Waals surface area contributed by atoms with Gasteiger partial charge in [-0.3, -0.25) is 4.68 Å². The minimum Gasteiger partial charge on any atom is -0.490 e. The van der Waals surface area contributed by atoms with Crippen molar-refractivity contribution in [3.05, 3.63) is 48.4 Å². The van der Waals surface area contributed by atoms with E-state index in [-0.39, 0.29) is 0 Å². The topological polar surface area (TPSA) is 35.2 Å². The molecule has 0 saturated carbocycles. The Morgan fingerprint density at radius 1 is 1.16 bits per heavy atom. The Balaban J connectivity index is 1.31. The molecule has 2 aromatic heterocycles. The third-order valence-electron chi connectivity index (χ3n) is 5.12. The fourth-order valence-corrected chi connectivity index (χ4v) is 3.64. The number of ether oxygens (including phenoxy) is 1. The van der Waals surface area contributed by atoms with Crippen LogP contribution in [0.1, 0.15) is 18.4 Å². The zero-order chi connectivity index (χ0) is 17.2. The summed E-state index contributed by atoms with van der Waals surface area (Å²) in [4.78, 5) is 2.51. The van der Waals surface area contributed by atoms with E-state index in [1.54, 1.807) is 0 Å². The largest absolute Gasteiger partial charge is 0.490 e. The Morgan fingerprint density at radius 2 is 2.00 bits per heavy atom. The molecule has 3 aromatic rings. The third kappa shape index (κ3) is 3.56. The number of benzene rings is 1. The van der Waals surface area contributed by atoms with E-state index in [1.807, 2.05) is 10.9 Å². The van der Waals surface area contributed by atoms with E-state index in [2.05, 4.69) is 65.2 Å². The quantitative estimate of drug-likeness (QED) is 0.716. The molecule has 0 radical (unpaired) electrons. The predicted octanol–water partition coefficient (Wildman–Crippen LogP) is 3.23. The van der Waals surface area contributed by atoms with Crippen LogP contribution in [0, 0.1) is 6.92 Å². The Labute approximate surface area is 148 Å². The summed E-state index contributed by atoms with van der Waals surface area (Å²) >= 11 is 0. The fourth-order valence-electron chi connectivity index (χ4n) is 3.64. The van der Waals surface area contributed by atoms with Crippen molar-refractivity contribution in [2.45, 2.75) is 32.4 Å². The molecule has 0 spiro atoms. The minimum absolute atomic E-state index is 0.314. The molecule has 1 saturated heterocycles. The molecule has 5 heteroatoms. The number of hydrogen-bond acceptors (Lipinski definition) is 3. The van der Waals surface area contributed by atoms with Gasteiger partial charge in [0.25, 0.3) is 0 Å². The minimum atomic E-state index is 0.314. The monoisotopic (exact) mass is 338 g/mol. The number of nitrogens with zero attached hydrogens (tertiary/aromatic N) is 4. The highest BCUT2D eigenvalue weighted by atomic mass is 16.5. The van der Waals surface area contributed by atoms with Gasteiger partial charge in [-0.25, -0.2) is 0 Å². The van der Waals surface area contributed by atoms with Crippen LogP contribution >= 0.6 is 0 Å². The standard InChI is InChI=1S/C20H26N4O/c1-16-14-21-24(15-16)13-12-23-10-6-17(7-11-23)25-20-5-3-4-19-18(20)8-9-22(19)2/h3-5,8-9,14-15,17H,6-7,10-13H2,1-2H3. The molecule has 25 heavy (non-hydrogen) atoms. The maximum Gasteiger partial charge on any atom is 0.129 e. The lowest BCUT2D eigenvalue weighted by atomic mass is 10.1. The molecule has 0 bridgehead atoms. The first-order chi connectivity index (χ1) is 12.2. The maximum absolute atomic E-state index is 6.34. The highest BCUT2D eigenvalue weighted by Gasteiger charge is 2.21. The van der Waals surface area contributed by atoms with Crippen LogP contribution in [0.2, 0.25) is 0 Å². The zero-order valence-electron chi connectivity index (χ0n) is 15.1. The molecule has 0 unspecified atom stereocenters. The number of aromatic nitrogens is 3. The van der Waals surface area contributed by atoms with Crippen molar-refractivity contribution < 1.29 is 4.74 Å². The van der Waals surface area contributed by atoms with E-state index < -0.39 is 0 Å². The summed E-state index contributed by atoms with van der Waals surface area (Å²) in [6.07, 6.45) is 8.61. The van der Waals surface area contributed by atoms with Crippen LogP contribution in [0.3, 0.4) is 0 Å². The summed E-state index contributed by atoms with van der Waals surface area (Å²) in [5.41, 5.74) is 2.45. The van der Waals surface area contributed by atoms with Gasteiger partial charge in [-0.05, 0) is 43.5 Å². The molecule has 0 aliphatic carbocycles. The van der Waals surface area contributed by atoms with Gasteiger partial charge in [0.05, 0.1) is 18.3 Å². The molecule has 1 fully saturated rings. The van der Waals surface area contributed by atoms with Crippen LogP contribution in [0.5, 0.6) is 5.75 Å². The van der Waals surface area contributed by atoms with Gasteiger partial charge in [0, 0.05) is 44.5 Å². The maximum atomic E-state index is 6.34. The van der Waals surface area contributed by atoms with Gasteiger partial charge in [-0.2, -0.15) is 5.10 Å². The van der Waals surface area contributed by atoms with Crippen LogP contribution in [-0.4, -0.2) is 45.0 Å². The van der Waals surface area contributed by atoms with Gasteiger partial charge in [0.1, 0.15) is 11.9 Å². The lowest BCUT2D eigenvalue weighted by molar-refractivity contribution is 0.0992. The van der Waals surface area contributed by atoms with Crippen LogP contribution < -0.4 is 4.74 Å². The number of likely N-dealkylation sites (tertiary alicyclic amines) is 1. The number of hydrogen-bond donors (Lipinski definition) is 0. The van der Waals surface area contributed by atoms with E-state index in [1.165, 1.54) is 16.5 Å². The van der Waals surface area contributed by atoms with Crippen molar-refractivity contribution in [3.8, 4) is 5.75 Å². The summed E-state index contributed by atoms with van der Waals surface area (Å²) in [6, 6.07) is 8.46. The molecule has 0 amide bonds. The molecule has 1 aliphatic heterocycles. The van der Waals surface area contributed by atoms with Crippen LogP contribution in [0.25, 0.3) is 10.9 Å². The van der Waals surface area contributed by atoms with Gasteiger partial charge >= 0.3 is 0 Å². The second-order valence-electron chi connectivity index (χ2n) is 7.06. The summed E-state index contributed by atoms with van der Waals surface area (Å²) < 4.78 is 10.5. The number of piperidine rings is 1. The summed E-state index contributed by atoms with van der Waals surface area (Å²) in [6.45, 7) is 6.29. The first-order valence-electron chi connectivity index (χ1n) is 9.11. The van der Waals surface area contributed by atoms with Crippen LogP contribution in [-0.2, 0) is 13.6 Å². The summed E-state index contributed by atoms with van der Waals surface area (Å²) in [5.74, 6) is 1.02. The van der Waals surface area contributed by atoms with Crippen LogP contribution in [0.4, 0.5) is 0 Å². The van der Waals surface area contributed by atoms with Crippen molar-refractivity contribution in [1.29, 1.82) is 0 Å². The van der Waals surface area contributed by atoms with Crippen molar-refractivity contribution in [3.63, 3.8) is 0 Å². The van der Waals surface area contributed by atoms with Crippen molar-refractivity contribution >= 4 is 10.9 Å². The second kappa shape index (κ2) is 6.92. The van der Waals surface area contributed by atoms with Crippen molar-refractivity contribution in [2.75, 3.05) is 19.6 Å². The van der Waals surface area contributed by atoms with Gasteiger partial charge < -0.3 is 14.2 Å². The number of aryl methyl sites for hydroxylation is 2. The van der Waals surface area contributed by atoms with E-state index in [4.69, 9.17) is 4.74 Å². The van der Waals surface area contributed by atoms with E-state index in [9.17, 15) is 0 Å². The Morgan fingerprint density at radius 3 is 2.76 bits per heavy atom. The number of rotatable bonds is 5. The molecule has 0 N–H and O–H groups in total. The van der Waals surface area contributed by atoms with E-state index >= 15 is 0 Å². The third-order valence-corrected chi connectivity index (χ3v) is 5.12. The lowest BCUT2D eigenvalue weighted by Crippen LogP contribution is -2.39. The Kier molecular flexibility index (Phi) is 4.49. The predicted molar refractivity (Wildman–Crippen MR) is 100.0 cm³/mol. The fraction of sp³-hybridized carbons (Fsp3) is 0.450. The van der Waals surface area contributed by atoms with Crippen molar-refractivity contribution in [2.24, 2.45) is 7.05 Å². The van der Waals surface area contributed by atoms with Gasteiger partial charge in [0.15, 0.2) is 0 Å². The Bertz CT molecular complexity index is 842. The normalized spacial score (nSPS) is 16.6. The van der Waals surface area contributed by atoms with E-state index in [0.717, 1.165) is 44.8 Å². The van der Waals surface area contributed by atoms with Crippen LogP contribution in [0.15, 0.2) is 42.9 Å². The summed E-state index contributed by atoms with van der Waals surface area (Å²) in [7, 11) is 2.08. The molecule has 132 valence electrons. The second-order valence-corrected chi connectivity index (χ2v) is 7.06. The molecule has 0 atom stereocenters.